The first-order valence-corrected chi connectivity index (χ1v) is 6.07. The number of rotatable bonds is 4. The van der Waals surface area contributed by atoms with Gasteiger partial charge in [0.25, 0.3) is 0 Å². The number of amides is 1. The van der Waals surface area contributed by atoms with Gasteiger partial charge in [-0.3, -0.25) is 4.79 Å². The maximum atomic E-state index is 11.7. The van der Waals surface area contributed by atoms with E-state index in [1.54, 1.807) is 0 Å². The summed E-state index contributed by atoms with van der Waals surface area (Å²) in [6, 6.07) is 5.59. The molecule has 1 aromatic carbocycles. The third-order valence-electron chi connectivity index (χ3n) is 2.60. The van der Waals surface area contributed by atoms with Crippen LogP contribution in [0.4, 0.5) is 5.69 Å². The fourth-order valence-corrected chi connectivity index (χ4v) is 1.82. The highest BCUT2D eigenvalue weighted by Crippen LogP contribution is 2.17. The zero-order chi connectivity index (χ0) is 13.1. The van der Waals surface area contributed by atoms with Gasteiger partial charge in [0.2, 0.25) is 5.91 Å². The van der Waals surface area contributed by atoms with Gasteiger partial charge in [0.1, 0.15) is 5.82 Å². The average molecular weight is 246 g/mol. The molecule has 0 spiro atoms. The second-order valence-corrected chi connectivity index (χ2v) is 4.77. The zero-order valence-electron chi connectivity index (χ0n) is 10.7. The highest BCUT2D eigenvalue weighted by atomic mass is 16.1. The average Bonchev–Trinajstić information content (AvgIpc) is 2.69. The number of fused-ring (bicyclic) bond motifs is 1. The van der Waals surface area contributed by atoms with Crippen LogP contribution in [0.15, 0.2) is 18.2 Å². The Morgan fingerprint density at radius 2 is 2.28 bits per heavy atom. The number of nitrogens with two attached hydrogens (primary N) is 1. The van der Waals surface area contributed by atoms with E-state index in [4.69, 9.17) is 5.73 Å². The summed E-state index contributed by atoms with van der Waals surface area (Å²) in [6.45, 7) is 4.42. The largest absolute Gasteiger partial charge is 0.341 e. The van der Waals surface area contributed by atoms with Crippen molar-refractivity contribution in [2.45, 2.75) is 26.8 Å². The first-order chi connectivity index (χ1) is 8.58. The van der Waals surface area contributed by atoms with Crippen molar-refractivity contribution in [2.75, 3.05) is 5.32 Å². The van der Waals surface area contributed by atoms with E-state index in [-0.39, 0.29) is 5.91 Å². The van der Waals surface area contributed by atoms with Crippen molar-refractivity contribution in [1.29, 1.82) is 0 Å². The van der Waals surface area contributed by atoms with E-state index in [9.17, 15) is 4.79 Å². The number of aromatic amines is 1. The number of hydrogen-bond acceptors (Lipinski definition) is 3. The minimum atomic E-state index is 0.0305. The molecule has 0 atom stereocenters. The molecular weight excluding hydrogens is 228 g/mol. The van der Waals surface area contributed by atoms with Gasteiger partial charge in [-0.25, -0.2) is 4.98 Å². The van der Waals surface area contributed by atoms with Gasteiger partial charge in [0, 0.05) is 12.1 Å². The fraction of sp³-hybridized carbons (Fsp3) is 0.385. The number of carbonyl (C=O) groups is 1. The topological polar surface area (TPSA) is 83.8 Å². The monoisotopic (exact) mass is 246 g/mol. The molecule has 0 aliphatic rings. The van der Waals surface area contributed by atoms with Crippen molar-refractivity contribution >= 4 is 22.6 Å². The predicted molar refractivity (Wildman–Crippen MR) is 72.1 cm³/mol. The van der Waals surface area contributed by atoms with E-state index in [1.807, 2.05) is 32.0 Å². The third kappa shape index (κ3) is 2.87. The number of imidazole rings is 1. The summed E-state index contributed by atoms with van der Waals surface area (Å²) in [6.07, 6.45) is 0.523. The second kappa shape index (κ2) is 5.18. The normalized spacial score (nSPS) is 11.1. The molecule has 0 saturated heterocycles. The third-order valence-corrected chi connectivity index (χ3v) is 2.60. The van der Waals surface area contributed by atoms with E-state index < -0.39 is 0 Å². The van der Waals surface area contributed by atoms with Gasteiger partial charge in [-0.1, -0.05) is 13.8 Å². The molecule has 1 heterocycles. The summed E-state index contributed by atoms with van der Waals surface area (Å²) in [7, 11) is 0. The minimum Gasteiger partial charge on any atom is -0.341 e. The van der Waals surface area contributed by atoms with E-state index in [0.29, 0.717) is 18.9 Å². The molecule has 0 aliphatic heterocycles. The van der Waals surface area contributed by atoms with Crippen molar-refractivity contribution in [3.05, 3.63) is 24.0 Å². The van der Waals surface area contributed by atoms with Crippen molar-refractivity contribution in [1.82, 2.24) is 9.97 Å². The van der Waals surface area contributed by atoms with E-state index in [2.05, 4.69) is 15.3 Å². The summed E-state index contributed by atoms with van der Waals surface area (Å²) in [4.78, 5) is 19.1. The molecule has 4 N–H and O–H groups in total. The Hall–Kier alpha value is -1.88. The number of nitrogens with one attached hydrogen (secondary N) is 2. The summed E-state index contributed by atoms with van der Waals surface area (Å²) in [5.41, 5.74) is 8.05. The van der Waals surface area contributed by atoms with Crippen LogP contribution in [0.5, 0.6) is 0 Å². The fourth-order valence-electron chi connectivity index (χ4n) is 1.82. The number of aromatic nitrogens is 2. The summed E-state index contributed by atoms with van der Waals surface area (Å²) >= 11 is 0. The van der Waals surface area contributed by atoms with Crippen LogP contribution in [-0.2, 0) is 11.3 Å². The minimum absolute atomic E-state index is 0.0305. The van der Waals surface area contributed by atoms with Gasteiger partial charge >= 0.3 is 0 Å². The number of benzene rings is 1. The molecule has 1 aromatic heterocycles. The van der Waals surface area contributed by atoms with Crippen LogP contribution < -0.4 is 11.1 Å². The smallest absolute Gasteiger partial charge is 0.224 e. The number of carbonyl (C=O) groups excluding carboxylic acids is 1. The van der Waals surface area contributed by atoms with Gasteiger partial charge in [0.05, 0.1) is 17.6 Å². The summed E-state index contributed by atoms with van der Waals surface area (Å²) in [5, 5.41) is 2.87. The molecule has 5 nitrogen and oxygen atoms in total. The van der Waals surface area contributed by atoms with Gasteiger partial charge in [-0.05, 0) is 24.1 Å². The maximum absolute atomic E-state index is 11.7. The Labute approximate surface area is 106 Å². The Balaban J connectivity index is 2.16. The van der Waals surface area contributed by atoms with Gasteiger partial charge in [-0.15, -0.1) is 0 Å². The Kier molecular flexibility index (Phi) is 3.62. The number of H-pyrrole nitrogens is 1. The molecule has 0 saturated carbocycles. The van der Waals surface area contributed by atoms with Crippen molar-refractivity contribution in [3.63, 3.8) is 0 Å². The lowest BCUT2D eigenvalue weighted by Crippen LogP contribution is -2.13. The van der Waals surface area contributed by atoms with Crippen LogP contribution in [0.2, 0.25) is 0 Å². The first-order valence-electron chi connectivity index (χ1n) is 6.07. The predicted octanol–water partition coefficient (Wildman–Crippen LogP) is 2.01. The number of hydrogen-bond donors (Lipinski definition) is 3. The van der Waals surface area contributed by atoms with E-state index in [1.165, 1.54) is 0 Å². The molecule has 1 amide bonds. The van der Waals surface area contributed by atoms with Gasteiger partial charge < -0.3 is 16.0 Å². The lowest BCUT2D eigenvalue weighted by molar-refractivity contribution is -0.116. The maximum Gasteiger partial charge on any atom is 0.224 e. The number of anilines is 1. The lowest BCUT2D eigenvalue weighted by Gasteiger charge is -2.06. The van der Waals surface area contributed by atoms with Crippen molar-refractivity contribution in [2.24, 2.45) is 11.7 Å². The zero-order valence-corrected chi connectivity index (χ0v) is 10.7. The van der Waals surface area contributed by atoms with Crippen LogP contribution in [0.25, 0.3) is 11.0 Å². The van der Waals surface area contributed by atoms with Crippen LogP contribution in [-0.4, -0.2) is 15.9 Å². The quantitative estimate of drug-likeness (QED) is 0.771. The highest BCUT2D eigenvalue weighted by molar-refractivity contribution is 5.93. The van der Waals surface area contributed by atoms with E-state index in [0.717, 1.165) is 22.5 Å². The molecule has 5 heteroatoms. The van der Waals surface area contributed by atoms with Gasteiger partial charge in [-0.2, -0.15) is 0 Å². The second-order valence-electron chi connectivity index (χ2n) is 4.77. The highest BCUT2D eigenvalue weighted by Gasteiger charge is 2.07. The summed E-state index contributed by atoms with van der Waals surface area (Å²) < 4.78 is 0. The molecule has 2 aromatic rings. The molecule has 0 bridgehead atoms. The molecule has 0 unspecified atom stereocenters. The van der Waals surface area contributed by atoms with Crippen molar-refractivity contribution < 1.29 is 4.79 Å². The van der Waals surface area contributed by atoms with Crippen LogP contribution >= 0.6 is 0 Å². The van der Waals surface area contributed by atoms with Crippen LogP contribution in [0.3, 0.4) is 0 Å². The molecule has 2 rings (SSSR count). The standard InChI is InChI=1S/C13H18N4O/c1-8(2)5-13(18)15-9-3-4-10-11(6-9)17-12(7-14)16-10/h3-4,6,8H,5,7,14H2,1-2H3,(H,15,18)(H,16,17). The molecule has 0 radical (unpaired) electrons. The summed E-state index contributed by atoms with van der Waals surface area (Å²) in [5.74, 6) is 1.13. The SMILES string of the molecule is CC(C)CC(=O)Nc1ccc2nc(CN)[nH]c2c1. The Bertz CT molecular complexity index is 559. The van der Waals surface area contributed by atoms with Crippen molar-refractivity contribution in [3.8, 4) is 0 Å². The Morgan fingerprint density at radius 3 is 2.94 bits per heavy atom. The molecule has 0 fully saturated rings. The van der Waals surface area contributed by atoms with Crippen LogP contribution in [0.1, 0.15) is 26.1 Å². The molecular formula is C13H18N4O. The van der Waals surface area contributed by atoms with Crippen LogP contribution in [0, 0.1) is 5.92 Å². The van der Waals surface area contributed by atoms with Gasteiger partial charge in [0.15, 0.2) is 0 Å². The first kappa shape index (κ1) is 12.6. The molecule has 0 aliphatic carbocycles. The Morgan fingerprint density at radius 1 is 1.50 bits per heavy atom. The lowest BCUT2D eigenvalue weighted by atomic mass is 10.1. The molecule has 96 valence electrons. The van der Waals surface area contributed by atoms with E-state index >= 15 is 0 Å². The number of nitrogens with zero attached hydrogens (tertiary/aromatic N) is 1. The molecule has 18 heavy (non-hydrogen) atoms.